The van der Waals surface area contributed by atoms with Crippen LogP contribution in [0.5, 0.6) is 11.5 Å². The monoisotopic (exact) mass is 402 g/mol. The summed E-state index contributed by atoms with van der Waals surface area (Å²) in [6, 6.07) is 18.4. The van der Waals surface area contributed by atoms with Gasteiger partial charge in [0.15, 0.2) is 0 Å². The van der Waals surface area contributed by atoms with Crippen molar-refractivity contribution in [3.8, 4) is 11.5 Å². The highest BCUT2D eigenvalue weighted by Crippen LogP contribution is 2.39. The molecule has 0 bridgehead atoms. The van der Waals surface area contributed by atoms with Crippen LogP contribution in [0.15, 0.2) is 65.8 Å². The zero-order valence-electron chi connectivity index (χ0n) is 16.4. The van der Waals surface area contributed by atoms with E-state index in [-0.39, 0.29) is 5.91 Å². The number of fused-ring (bicyclic) bond motifs is 2. The van der Waals surface area contributed by atoms with Gasteiger partial charge in [-0.2, -0.15) is 0 Å². The molecule has 2 atom stereocenters. The van der Waals surface area contributed by atoms with Gasteiger partial charge in [-0.05, 0) is 29.7 Å². The van der Waals surface area contributed by atoms with Crippen molar-refractivity contribution < 1.29 is 23.9 Å². The van der Waals surface area contributed by atoms with E-state index in [1.54, 1.807) is 31.4 Å². The van der Waals surface area contributed by atoms with Crippen molar-refractivity contribution in [3.05, 3.63) is 66.2 Å². The second kappa shape index (κ2) is 6.88. The highest BCUT2D eigenvalue weighted by molar-refractivity contribution is 6.34. The summed E-state index contributed by atoms with van der Waals surface area (Å²) in [5, 5.41) is 5.84. The van der Waals surface area contributed by atoms with Crippen molar-refractivity contribution in [1.82, 2.24) is 0 Å². The molecule has 30 heavy (non-hydrogen) atoms. The Labute approximate surface area is 172 Å². The van der Waals surface area contributed by atoms with Gasteiger partial charge in [-0.3, -0.25) is 9.59 Å². The minimum atomic E-state index is -0.998. The Morgan fingerprint density at radius 1 is 0.933 bits per heavy atom. The molecule has 2 heterocycles. The molecule has 2 aliphatic heterocycles. The molecule has 7 nitrogen and oxygen atoms in total. The van der Waals surface area contributed by atoms with Crippen LogP contribution in [0.25, 0.3) is 10.8 Å². The second-order valence-corrected chi connectivity index (χ2v) is 7.06. The van der Waals surface area contributed by atoms with Crippen molar-refractivity contribution in [3.63, 3.8) is 0 Å². The fourth-order valence-corrected chi connectivity index (χ4v) is 4.06. The molecule has 2 aliphatic rings. The standard InChI is InChI=1S/C23H18N2O5/c1-28-14-10-11-18(29-2)16(12-14)20-19-21(30-24-20)23(27)25(22(19)26)17-9-5-7-13-6-3-4-8-15(13)17/h3-12,19,21H,1-2H3/t19-,21+/m1/s1. The van der Waals surface area contributed by atoms with Gasteiger partial charge in [0.25, 0.3) is 5.91 Å². The molecule has 7 heteroatoms. The first-order valence-corrected chi connectivity index (χ1v) is 9.45. The van der Waals surface area contributed by atoms with Crippen LogP contribution in [0.3, 0.4) is 0 Å². The Hall–Kier alpha value is -3.87. The molecule has 2 amide bonds. The molecule has 5 rings (SSSR count). The number of benzene rings is 3. The number of carbonyl (C=O) groups is 2. The molecular formula is C23H18N2O5. The first-order valence-electron chi connectivity index (χ1n) is 9.45. The molecule has 1 fully saturated rings. The number of ether oxygens (including phenoxy) is 2. The Bertz CT molecular complexity index is 1210. The van der Waals surface area contributed by atoms with Crippen LogP contribution in [0.2, 0.25) is 0 Å². The van der Waals surface area contributed by atoms with Crippen molar-refractivity contribution in [2.75, 3.05) is 19.1 Å². The summed E-state index contributed by atoms with van der Waals surface area (Å²) < 4.78 is 10.7. The lowest BCUT2D eigenvalue weighted by atomic mass is 9.93. The van der Waals surface area contributed by atoms with Crippen LogP contribution in [-0.4, -0.2) is 37.8 Å². The predicted molar refractivity (Wildman–Crippen MR) is 111 cm³/mol. The van der Waals surface area contributed by atoms with E-state index in [9.17, 15) is 9.59 Å². The van der Waals surface area contributed by atoms with Gasteiger partial charge < -0.3 is 14.3 Å². The van der Waals surface area contributed by atoms with Gasteiger partial charge in [0.2, 0.25) is 12.0 Å². The van der Waals surface area contributed by atoms with Crippen molar-refractivity contribution in [1.29, 1.82) is 0 Å². The number of methoxy groups -OCH3 is 2. The first kappa shape index (κ1) is 18.2. The molecule has 0 spiro atoms. The smallest absolute Gasteiger partial charge is 0.278 e. The van der Waals surface area contributed by atoms with Gasteiger partial charge >= 0.3 is 0 Å². The number of amides is 2. The summed E-state index contributed by atoms with van der Waals surface area (Å²) in [6.45, 7) is 0. The summed E-state index contributed by atoms with van der Waals surface area (Å²) in [5.74, 6) is -0.552. The van der Waals surface area contributed by atoms with Gasteiger partial charge in [0, 0.05) is 10.9 Å². The number of rotatable bonds is 4. The Morgan fingerprint density at radius 2 is 1.73 bits per heavy atom. The highest BCUT2D eigenvalue weighted by atomic mass is 16.7. The lowest BCUT2D eigenvalue weighted by Crippen LogP contribution is -2.33. The number of hydrogen-bond acceptors (Lipinski definition) is 6. The molecule has 0 aliphatic carbocycles. The van der Waals surface area contributed by atoms with E-state index in [2.05, 4.69) is 5.16 Å². The summed E-state index contributed by atoms with van der Waals surface area (Å²) in [5.41, 5.74) is 1.46. The summed E-state index contributed by atoms with van der Waals surface area (Å²) in [7, 11) is 3.08. The van der Waals surface area contributed by atoms with Crippen LogP contribution in [0.4, 0.5) is 5.69 Å². The van der Waals surface area contributed by atoms with Crippen LogP contribution in [0.1, 0.15) is 5.56 Å². The highest BCUT2D eigenvalue weighted by Gasteiger charge is 2.56. The number of imide groups is 1. The van der Waals surface area contributed by atoms with Gasteiger partial charge in [-0.1, -0.05) is 41.6 Å². The lowest BCUT2D eigenvalue weighted by Gasteiger charge is -2.18. The van der Waals surface area contributed by atoms with Gasteiger partial charge in [-0.15, -0.1) is 0 Å². The predicted octanol–water partition coefficient (Wildman–Crippen LogP) is 3.15. The molecule has 0 aromatic heterocycles. The summed E-state index contributed by atoms with van der Waals surface area (Å²) >= 11 is 0. The fourth-order valence-electron chi connectivity index (χ4n) is 4.06. The third-order valence-electron chi connectivity index (χ3n) is 5.50. The van der Waals surface area contributed by atoms with Gasteiger partial charge in [0.05, 0.1) is 19.9 Å². The molecule has 150 valence electrons. The molecule has 3 aromatic rings. The van der Waals surface area contributed by atoms with E-state index < -0.39 is 17.9 Å². The SMILES string of the molecule is COc1ccc(OC)c(C2=NO[C@@H]3C(=O)N(c4cccc5ccccc45)C(=O)[C@H]23)c1. The number of oxime groups is 1. The maximum Gasteiger partial charge on any atom is 0.278 e. The molecule has 0 saturated carbocycles. The first-order chi connectivity index (χ1) is 14.6. The second-order valence-electron chi connectivity index (χ2n) is 7.06. The minimum absolute atomic E-state index is 0.358. The van der Waals surface area contributed by atoms with E-state index in [0.717, 1.165) is 10.8 Å². The molecular weight excluding hydrogens is 384 g/mol. The maximum atomic E-state index is 13.5. The maximum absolute atomic E-state index is 13.5. The Morgan fingerprint density at radius 3 is 2.53 bits per heavy atom. The molecule has 0 radical (unpaired) electrons. The van der Waals surface area contributed by atoms with Crippen molar-refractivity contribution in [2.24, 2.45) is 11.1 Å². The lowest BCUT2D eigenvalue weighted by molar-refractivity contribution is -0.126. The van der Waals surface area contributed by atoms with E-state index in [1.807, 2.05) is 36.4 Å². The van der Waals surface area contributed by atoms with Crippen molar-refractivity contribution in [2.45, 2.75) is 6.10 Å². The summed E-state index contributed by atoms with van der Waals surface area (Å²) in [6.07, 6.45) is -0.998. The molecule has 1 saturated heterocycles. The molecule has 0 unspecified atom stereocenters. The Balaban J connectivity index is 1.59. The van der Waals surface area contributed by atoms with E-state index in [4.69, 9.17) is 14.3 Å². The zero-order valence-corrected chi connectivity index (χ0v) is 16.4. The van der Waals surface area contributed by atoms with E-state index >= 15 is 0 Å². The fraction of sp³-hybridized carbons (Fsp3) is 0.174. The van der Waals surface area contributed by atoms with Crippen molar-refractivity contribution >= 4 is 34.0 Å². The van der Waals surface area contributed by atoms with Crippen LogP contribution >= 0.6 is 0 Å². The molecule has 3 aromatic carbocycles. The van der Waals surface area contributed by atoms with Crippen LogP contribution in [-0.2, 0) is 14.4 Å². The number of carbonyl (C=O) groups excluding carboxylic acids is 2. The largest absolute Gasteiger partial charge is 0.497 e. The van der Waals surface area contributed by atoms with Gasteiger partial charge in [-0.25, -0.2) is 4.90 Å². The average Bonchev–Trinajstić information content (AvgIpc) is 3.33. The number of hydrogen-bond donors (Lipinski definition) is 0. The van der Waals surface area contributed by atoms with Gasteiger partial charge in [0.1, 0.15) is 23.1 Å². The minimum Gasteiger partial charge on any atom is -0.497 e. The third kappa shape index (κ3) is 2.55. The quantitative estimate of drug-likeness (QED) is 0.627. The summed E-state index contributed by atoms with van der Waals surface area (Å²) in [4.78, 5) is 33.2. The number of anilines is 1. The van der Waals surface area contributed by atoms with E-state index in [1.165, 1.54) is 12.0 Å². The molecule has 0 N–H and O–H groups in total. The Kier molecular flexibility index (Phi) is 4.17. The zero-order chi connectivity index (χ0) is 20.8. The van der Waals surface area contributed by atoms with Crippen LogP contribution < -0.4 is 14.4 Å². The third-order valence-corrected chi connectivity index (χ3v) is 5.50. The number of nitrogens with zero attached hydrogens (tertiary/aromatic N) is 2. The van der Waals surface area contributed by atoms with Crippen LogP contribution in [0, 0.1) is 5.92 Å². The normalized spacial score (nSPS) is 20.2. The topological polar surface area (TPSA) is 77.4 Å². The van der Waals surface area contributed by atoms with E-state index in [0.29, 0.717) is 28.5 Å². The average molecular weight is 402 g/mol.